The summed E-state index contributed by atoms with van der Waals surface area (Å²) >= 11 is 6.11. The lowest BCUT2D eigenvalue weighted by Gasteiger charge is -2.37. The zero-order valence-electron chi connectivity index (χ0n) is 29.7. The molecule has 2 amide bonds. The lowest BCUT2D eigenvalue weighted by molar-refractivity contribution is -0.135. The van der Waals surface area contributed by atoms with Gasteiger partial charge in [-0.1, -0.05) is 30.5 Å². The summed E-state index contributed by atoms with van der Waals surface area (Å²) in [6, 6.07) is 13.9. The number of amides is 2. The molecule has 0 spiro atoms. The molecule has 5 atom stereocenters. The fourth-order valence-corrected chi connectivity index (χ4v) is 8.74. The molecule has 3 aliphatic rings. The first-order valence-electron chi connectivity index (χ1n) is 18.3. The van der Waals surface area contributed by atoms with Gasteiger partial charge in [-0.25, -0.2) is 19.3 Å². The van der Waals surface area contributed by atoms with Crippen LogP contribution in [0.4, 0.5) is 4.39 Å². The minimum atomic E-state index is -2.33. The Bertz CT molecular complexity index is 2200. The Balaban J connectivity index is 1.16. The number of benzene rings is 1. The number of imidazole rings is 1. The van der Waals surface area contributed by atoms with Crippen molar-refractivity contribution in [1.29, 1.82) is 0 Å². The standard InChI is InChI=1S/C39H44ClFN8O3/c1-22-28-14-12-24-19-30(48(35(24)44-28)16-7-5-4-6-15-39(41,38(51)43-22)32-9-8-10-33(40)46-32)36-45-29-18-25(20-31(52-3)34(29)47(36)2)37(50)49-21-27(42)23-11-13-26(49)17-23/h8-10,12,14,18-20,22-23,26-27H,4-7,11,13,15-17,21,42H2,1-3H3,(H,43,51)/t22-,23-,26+,27+,39-/m1/s1. The number of piperidine rings is 1. The first kappa shape index (κ1) is 34.5. The number of likely N-dealkylation sites (tertiary alicyclic amines) is 1. The van der Waals surface area contributed by atoms with Gasteiger partial charge in [0.25, 0.3) is 11.8 Å². The predicted molar refractivity (Wildman–Crippen MR) is 198 cm³/mol. The Labute approximate surface area is 306 Å². The maximum absolute atomic E-state index is 16.6. The predicted octanol–water partition coefficient (Wildman–Crippen LogP) is 6.61. The number of pyridine rings is 2. The SMILES string of the molecule is COc1cc(C(=O)N2C[C@H](N)[C@@H]3CC[C@H]2C3)cc2nc(-c3cc4ccc5nc4n3CCCCCC[C@@](F)(c3cccc(Cl)n3)C(=O)N[C@@H]5C)n(C)c12. The molecule has 2 aliphatic heterocycles. The van der Waals surface area contributed by atoms with E-state index in [-0.39, 0.29) is 35.3 Å². The molecule has 1 aliphatic carbocycles. The Morgan fingerprint density at radius 1 is 1.08 bits per heavy atom. The van der Waals surface area contributed by atoms with E-state index >= 15 is 4.39 Å². The van der Waals surface area contributed by atoms with Crippen LogP contribution < -0.4 is 15.8 Å². The lowest BCUT2D eigenvalue weighted by atomic mass is 9.92. The van der Waals surface area contributed by atoms with Crippen LogP contribution in [-0.4, -0.2) is 66.5 Å². The van der Waals surface area contributed by atoms with Gasteiger partial charge in [0.15, 0.2) is 5.82 Å². The monoisotopic (exact) mass is 726 g/mol. The second-order valence-electron chi connectivity index (χ2n) is 14.7. The Morgan fingerprint density at radius 3 is 2.71 bits per heavy atom. The summed E-state index contributed by atoms with van der Waals surface area (Å²) in [6.07, 6.45) is 5.86. The lowest BCUT2D eigenvalue weighted by Crippen LogP contribution is -2.51. The number of nitrogens with two attached hydrogens (primary N) is 1. The number of hydrogen-bond donors (Lipinski definition) is 2. The quantitative estimate of drug-likeness (QED) is 0.199. The van der Waals surface area contributed by atoms with E-state index in [0.29, 0.717) is 48.0 Å². The van der Waals surface area contributed by atoms with Gasteiger partial charge in [-0.05, 0) is 93.8 Å². The molecule has 8 rings (SSSR count). The molecule has 3 N–H and O–H groups in total. The zero-order chi connectivity index (χ0) is 36.3. The van der Waals surface area contributed by atoms with E-state index in [9.17, 15) is 9.59 Å². The van der Waals surface area contributed by atoms with E-state index < -0.39 is 17.6 Å². The molecule has 1 saturated carbocycles. The van der Waals surface area contributed by atoms with Gasteiger partial charge in [0, 0.05) is 43.2 Å². The summed E-state index contributed by atoms with van der Waals surface area (Å²) in [7, 11) is 3.57. The maximum Gasteiger partial charge on any atom is 0.264 e. The van der Waals surface area contributed by atoms with E-state index in [0.717, 1.165) is 66.6 Å². The number of halogens is 2. The van der Waals surface area contributed by atoms with Gasteiger partial charge in [-0.2, -0.15) is 0 Å². The molecule has 272 valence electrons. The highest BCUT2D eigenvalue weighted by molar-refractivity contribution is 6.29. The van der Waals surface area contributed by atoms with Crippen molar-refractivity contribution in [2.45, 2.75) is 88.6 Å². The second kappa shape index (κ2) is 13.5. The molecule has 0 unspecified atom stereocenters. The number of alkyl halides is 1. The van der Waals surface area contributed by atoms with Crippen LogP contribution in [-0.2, 0) is 24.1 Å². The Hall–Kier alpha value is -4.55. The zero-order valence-corrected chi connectivity index (χ0v) is 30.5. The number of carbonyl (C=O) groups is 2. The Morgan fingerprint density at radius 2 is 1.90 bits per heavy atom. The Kier molecular flexibility index (Phi) is 8.93. The normalized spacial score (nSPS) is 25.4. The third kappa shape index (κ3) is 5.89. The topological polar surface area (TPSA) is 133 Å². The number of carbonyl (C=O) groups excluding carboxylic acids is 2. The number of nitrogens with one attached hydrogen (secondary N) is 1. The molecule has 6 heterocycles. The molecule has 11 nitrogen and oxygen atoms in total. The molecule has 13 heteroatoms. The van der Waals surface area contributed by atoms with Crippen LogP contribution in [0.2, 0.25) is 5.15 Å². The molecule has 4 aromatic heterocycles. The number of hydrogen-bond acceptors (Lipinski definition) is 7. The molecular formula is C39H44ClFN8O3. The highest BCUT2D eigenvalue weighted by Gasteiger charge is 2.43. The number of rotatable bonds is 4. The van der Waals surface area contributed by atoms with Crippen LogP contribution in [0.25, 0.3) is 33.6 Å². The van der Waals surface area contributed by atoms with Crippen molar-refractivity contribution in [2.75, 3.05) is 13.7 Å². The van der Waals surface area contributed by atoms with Gasteiger partial charge in [0.2, 0.25) is 5.67 Å². The number of ether oxygens (including phenoxy) is 1. The molecule has 0 radical (unpaired) electrons. The highest BCUT2D eigenvalue weighted by Crippen LogP contribution is 2.39. The minimum Gasteiger partial charge on any atom is -0.494 e. The van der Waals surface area contributed by atoms with Crippen molar-refractivity contribution >= 4 is 45.5 Å². The fraction of sp³-hybridized carbons (Fsp3) is 0.462. The second-order valence-corrected chi connectivity index (χ2v) is 15.1. The van der Waals surface area contributed by atoms with Gasteiger partial charge in [0.05, 0.1) is 35.8 Å². The van der Waals surface area contributed by atoms with Crippen LogP contribution in [0.1, 0.15) is 86.1 Å². The third-order valence-corrected chi connectivity index (χ3v) is 11.7. The van der Waals surface area contributed by atoms with Crippen LogP contribution in [0.5, 0.6) is 5.75 Å². The maximum atomic E-state index is 16.6. The van der Waals surface area contributed by atoms with Crippen LogP contribution in [0.3, 0.4) is 0 Å². The van der Waals surface area contributed by atoms with Crippen LogP contribution >= 0.6 is 11.6 Å². The van der Waals surface area contributed by atoms with Crippen LogP contribution in [0, 0.1) is 5.92 Å². The van der Waals surface area contributed by atoms with Gasteiger partial charge in [0.1, 0.15) is 22.1 Å². The van der Waals surface area contributed by atoms with Crippen molar-refractivity contribution in [2.24, 2.45) is 18.7 Å². The van der Waals surface area contributed by atoms with Gasteiger partial charge < -0.3 is 29.8 Å². The molecule has 52 heavy (non-hydrogen) atoms. The summed E-state index contributed by atoms with van der Waals surface area (Å²) in [6.45, 7) is 3.03. The first-order valence-corrected chi connectivity index (χ1v) is 18.7. The van der Waals surface area contributed by atoms with Gasteiger partial charge in [-0.15, -0.1) is 0 Å². The molecule has 2 fully saturated rings. The average Bonchev–Trinajstić information content (AvgIpc) is 3.83. The van der Waals surface area contributed by atoms with Gasteiger partial charge in [-0.3, -0.25) is 9.59 Å². The summed E-state index contributed by atoms with van der Waals surface area (Å²) in [4.78, 5) is 43.8. The van der Waals surface area contributed by atoms with E-state index in [4.69, 9.17) is 32.0 Å². The van der Waals surface area contributed by atoms with Crippen molar-refractivity contribution in [1.82, 2.24) is 34.3 Å². The molecule has 1 saturated heterocycles. The number of aromatic nitrogens is 5. The first-order chi connectivity index (χ1) is 25.0. The van der Waals surface area contributed by atoms with Gasteiger partial charge >= 0.3 is 0 Å². The van der Waals surface area contributed by atoms with Crippen LogP contribution in [0.15, 0.2) is 48.5 Å². The fourth-order valence-electron chi connectivity index (χ4n) is 8.58. The number of aryl methyl sites for hydroxylation is 2. The minimum absolute atomic E-state index is 0.00336. The third-order valence-electron chi connectivity index (χ3n) is 11.5. The van der Waals surface area contributed by atoms with E-state index in [1.807, 2.05) is 40.8 Å². The van der Waals surface area contributed by atoms with E-state index in [1.54, 1.807) is 26.2 Å². The van der Waals surface area contributed by atoms with E-state index in [1.165, 1.54) is 6.07 Å². The summed E-state index contributed by atoms with van der Waals surface area (Å²) in [5.74, 6) is 0.989. The number of methoxy groups -OCH3 is 1. The smallest absolute Gasteiger partial charge is 0.264 e. The average molecular weight is 727 g/mol. The molecular weight excluding hydrogens is 683 g/mol. The van der Waals surface area contributed by atoms with Crippen molar-refractivity contribution in [3.63, 3.8) is 0 Å². The number of fused-ring (bicyclic) bond motifs is 4. The van der Waals surface area contributed by atoms with Crippen molar-refractivity contribution < 1.29 is 18.7 Å². The van der Waals surface area contributed by atoms with Crippen molar-refractivity contribution in [3.8, 4) is 17.3 Å². The molecule has 4 bridgehead atoms. The molecule has 1 aromatic carbocycles. The summed E-state index contributed by atoms with van der Waals surface area (Å²) < 4.78 is 26.7. The van der Waals surface area contributed by atoms with Crippen molar-refractivity contribution in [3.05, 3.63) is 70.6 Å². The highest BCUT2D eigenvalue weighted by atomic mass is 35.5. The largest absolute Gasteiger partial charge is 0.494 e. The number of nitrogens with zero attached hydrogens (tertiary/aromatic N) is 6. The summed E-state index contributed by atoms with van der Waals surface area (Å²) in [5.41, 5.74) is 8.37. The molecule has 5 aromatic rings. The summed E-state index contributed by atoms with van der Waals surface area (Å²) in [5, 5.41) is 3.93. The van der Waals surface area contributed by atoms with E-state index in [2.05, 4.69) is 20.9 Å².